The fourth-order valence-electron chi connectivity index (χ4n) is 10.7. The van der Waals surface area contributed by atoms with Gasteiger partial charge in [-0.2, -0.15) is 20.7 Å². The van der Waals surface area contributed by atoms with Crippen molar-refractivity contribution in [1.29, 1.82) is 10.5 Å². The number of anilines is 4. The highest BCUT2D eigenvalue weighted by molar-refractivity contribution is 6.15. The SMILES string of the molecule is CN[C@@H](C)C(=O)NC1CC(=O)N(Cc2nn(-c3ccccc3C#N)c3ccccc23)c2ccccc2N1C(=O)c1ccc(C(=O)N2C[C@H](NC(=O)[C@H](C)NC)C(=O)N(Cc3nn(-c4ccccc4C#N)c4ccccc34)c3ccccc32)cc1. The maximum absolute atomic E-state index is 15.3. The van der Waals surface area contributed by atoms with Crippen molar-refractivity contribution in [1.82, 2.24) is 40.8 Å². The van der Waals surface area contributed by atoms with Crippen molar-refractivity contribution in [3.8, 4) is 23.5 Å². The Labute approximate surface area is 483 Å². The number of carbonyl (C=O) groups is 6. The van der Waals surface area contributed by atoms with Crippen LogP contribution in [0.5, 0.6) is 0 Å². The molecule has 2 aliphatic heterocycles. The molecule has 0 spiro atoms. The van der Waals surface area contributed by atoms with Crippen molar-refractivity contribution < 1.29 is 28.8 Å². The molecule has 9 aromatic rings. The average molecular weight is 1120 g/mol. The van der Waals surface area contributed by atoms with Crippen LogP contribution in [0.15, 0.2) is 170 Å². The normalized spacial score (nSPS) is 15.7. The Kier molecular flexibility index (Phi) is 15.3. The predicted octanol–water partition coefficient (Wildman–Crippen LogP) is 7.03. The molecule has 2 aromatic heterocycles. The van der Waals surface area contributed by atoms with Crippen molar-refractivity contribution in [2.45, 2.75) is 57.6 Å². The molecule has 0 aliphatic carbocycles. The van der Waals surface area contributed by atoms with Crippen molar-refractivity contribution in [3.63, 3.8) is 0 Å². The van der Waals surface area contributed by atoms with Gasteiger partial charge in [0.05, 0.1) is 106 Å². The maximum Gasteiger partial charge on any atom is 0.260 e. The topological polar surface area (TPSA) is 247 Å². The Morgan fingerprint density at radius 3 is 1.49 bits per heavy atom. The molecule has 6 amide bonds. The zero-order chi connectivity index (χ0) is 58.8. The summed E-state index contributed by atoms with van der Waals surface area (Å²) in [6.07, 6.45) is -1.53. The van der Waals surface area contributed by atoms with Gasteiger partial charge in [0.25, 0.3) is 17.7 Å². The van der Waals surface area contributed by atoms with Crippen molar-refractivity contribution >= 4 is 80.0 Å². The van der Waals surface area contributed by atoms with Crippen LogP contribution >= 0.6 is 0 Å². The molecule has 1 unspecified atom stereocenters. The lowest BCUT2D eigenvalue weighted by Gasteiger charge is -2.32. The highest BCUT2D eigenvalue weighted by Crippen LogP contribution is 2.39. The van der Waals surface area contributed by atoms with Gasteiger partial charge in [-0.3, -0.25) is 33.7 Å². The Morgan fingerprint density at radius 1 is 0.536 bits per heavy atom. The first-order valence-electron chi connectivity index (χ1n) is 27.2. The smallest absolute Gasteiger partial charge is 0.260 e. The summed E-state index contributed by atoms with van der Waals surface area (Å²) in [7, 11) is 3.25. The molecule has 11 rings (SSSR count). The van der Waals surface area contributed by atoms with Gasteiger partial charge in [-0.05, 0) is 113 Å². The standard InChI is InChI=1S/C64H56N14O6/c1-39(67-3)60(80)69-49-38-74(54-25-13-14-26-55(54)75(64(49)84)37-48-46-20-8-12-24-53(46)78(72-48)51-22-10-6-18-44(51)35-66)62(82)41-29-31-42(32-30-41)63(83)76-57-28-16-15-27-56(57)73(59(79)33-58(76)70-61(81)40(2)68-4)36-47-45-19-7-11-23-52(45)77(71-47)50-21-9-5-17-43(50)34-65/h5-32,39-40,49,58,67-68H,33,36-38H2,1-4H3,(H,69,80)(H,70,81)/t39-,40-,49-,58?/m0/s1. The van der Waals surface area contributed by atoms with Gasteiger partial charge in [0.15, 0.2) is 0 Å². The summed E-state index contributed by atoms with van der Waals surface area (Å²) in [5.41, 5.74) is 6.05. The molecular formula is C64H56N14O6. The lowest BCUT2D eigenvalue weighted by atomic mass is 10.1. The average Bonchev–Trinajstić information content (AvgIpc) is 2.66. The molecule has 0 fully saturated rings. The van der Waals surface area contributed by atoms with Crippen LogP contribution < -0.4 is 40.9 Å². The number of carbonyl (C=O) groups excluding carboxylic acids is 6. The maximum atomic E-state index is 15.3. The molecule has 20 nitrogen and oxygen atoms in total. The minimum Gasteiger partial charge on any atom is -0.341 e. The Bertz CT molecular complexity index is 4180. The van der Waals surface area contributed by atoms with Gasteiger partial charge < -0.3 is 36.0 Å². The summed E-state index contributed by atoms with van der Waals surface area (Å²) >= 11 is 0. The molecule has 0 radical (unpaired) electrons. The molecule has 0 saturated carbocycles. The molecular weight excluding hydrogens is 1060 g/mol. The third-order valence-electron chi connectivity index (χ3n) is 15.4. The number of hydrogen-bond acceptors (Lipinski definition) is 12. The Balaban J connectivity index is 0.940. The van der Waals surface area contributed by atoms with E-state index in [0.717, 1.165) is 10.8 Å². The van der Waals surface area contributed by atoms with Gasteiger partial charge in [0.2, 0.25) is 17.7 Å². The molecule has 20 heteroatoms. The predicted molar refractivity (Wildman–Crippen MR) is 317 cm³/mol. The van der Waals surface area contributed by atoms with E-state index in [4.69, 9.17) is 10.2 Å². The first-order chi connectivity index (χ1) is 40.8. The lowest BCUT2D eigenvalue weighted by molar-refractivity contribution is -0.128. The summed E-state index contributed by atoms with van der Waals surface area (Å²) in [6, 6.07) is 50.9. The largest absolute Gasteiger partial charge is 0.341 e. The second kappa shape index (κ2) is 23.4. The molecule has 0 bridgehead atoms. The number of fused-ring (bicyclic) bond motifs is 4. The highest BCUT2D eigenvalue weighted by Gasteiger charge is 2.41. The van der Waals surface area contributed by atoms with Crippen molar-refractivity contribution in [2.75, 3.05) is 40.2 Å². The van der Waals surface area contributed by atoms with Gasteiger partial charge >= 0.3 is 0 Å². The second-order valence-corrected chi connectivity index (χ2v) is 20.4. The number of nitrogens with zero attached hydrogens (tertiary/aromatic N) is 10. The van der Waals surface area contributed by atoms with E-state index in [9.17, 15) is 24.9 Å². The van der Waals surface area contributed by atoms with Gasteiger partial charge in [0, 0.05) is 21.9 Å². The number of nitriles is 2. The minimum atomic E-state index is -1.25. The number of nitrogens with one attached hydrogen (secondary N) is 4. The van der Waals surface area contributed by atoms with Crippen LogP contribution in [0.4, 0.5) is 22.7 Å². The van der Waals surface area contributed by atoms with E-state index in [-0.39, 0.29) is 37.2 Å². The first kappa shape index (κ1) is 55.1. The quantitative estimate of drug-likeness (QED) is 0.0858. The summed E-state index contributed by atoms with van der Waals surface area (Å²) in [5, 5.41) is 43.2. The van der Waals surface area contributed by atoms with Gasteiger partial charge in [-0.1, -0.05) is 84.9 Å². The van der Waals surface area contributed by atoms with E-state index < -0.39 is 59.7 Å². The van der Waals surface area contributed by atoms with Crippen LogP contribution in [-0.4, -0.2) is 99.9 Å². The van der Waals surface area contributed by atoms with Gasteiger partial charge in [-0.15, -0.1) is 0 Å². The van der Waals surface area contributed by atoms with Crippen molar-refractivity contribution in [3.05, 3.63) is 203 Å². The summed E-state index contributed by atoms with van der Waals surface area (Å²) in [6.45, 7) is 2.92. The number of aromatic nitrogens is 4. The minimum absolute atomic E-state index is 0.0355. The van der Waals surface area contributed by atoms with Crippen LogP contribution in [-0.2, 0) is 32.3 Å². The third kappa shape index (κ3) is 10.2. The van der Waals surface area contributed by atoms with Crippen LogP contribution in [0.2, 0.25) is 0 Å². The van der Waals surface area contributed by atoms with E-state index in [2.05, 4.69) is 33.4 Å². The van der Waals surface area contributed by atoms with Crippen LogP contribution in [0.25, 0.3) is 33.2 Å². The van der Waals surface area contributed by atoms with E-state index in [1.807, 2.05) is 60.7 Å². The zero-order valence-corrected chi connectivity index (χ0v) is 46.2. The molecule has 7 aromatic carbocycles. The van der Waals surface area contributed by atoms with Gasteiger partial charge in [-0.25, -0.2) is 9.36 Å². The highest BCUT2D eigenvalue weighted by atomic mass is 16.2. The van der Waals surface area contributed by atoms with Crippen molar-refractivity contribution in [2.24, 2.45) is 0 Å². The van der Waals surface area contributed by atoms with E-state index in [1.54, 1.807) is 127 Å². The number of likely N-dealkylation sites (N-methyl/N-ethyl adjacent to an activating group) is 2. The third-order valence-corrected chi connectivity index (χ3v) is 15.4. The molecule has 4 N–H and O–H groups in total. The molecule has 2 aliphatic rings. The summed E-state index contributed by atoms with van der Waals surface area (Å²) in [4.78, 5) is 93.9. The van der Waals surface area contributed by atoms with Gasteiger partial charge in [0.1, 0.15) is 24.3 Å². The second-order valence-electron chi connectivity index (χ2n) is 20.4. The molecule has 84 heavy (non-hydrogen) atoms. The zero-order valence-electron chi connectivity index (χ0n) is 46.2. The Morgan fingerprint density at radius 2 is 0.964 bits per heavy atom. The Hall–Kier alpha value is -10.8. The summed E-state index contributed by atoms with van der Waals surface area (Å²) < 4.78 is 3.36. The van der Waals surface area contributed by atoms with E-state index in [1.165, 1.54) is 39.0 Å². The van der Waals surface area contributed by atoms with E-state index in [0.29, 0.717) is 67.7 Å². The number of amides is 6. The first-order valence-corrected chi connectivity index (χ1v) is 27.2. The molecule has 4 atom stereocenters. The number of rotatable bonds is 14. The fraction of sp³-hybridized carbons (Fsp3) is 0.188. The molecule has 4 heterocycles. The van der Waals surface area contributed by atoms with Crippen LogP contribution in [0, 0.1) is 22.7 Å². The van der Waals surface area contributed by atoms with Crippen LogP contribution in [0.3, 0.4) is 0 Å². The molecule has 418 valence electrons. The lowest BCUT2D eigenvalue weighted by Crippen LogP contribution is -2.55. The number of para-hydroxylation sites is 8. The van der Waals surface area contributed by atoms with E-state index >= 15 is 14.4 Å². The van der Waals surface area contributed by atoms with Crippen LogP contribution in [0.1, 0.15) is 63.5 Å². The monoisotopic (exact) mass is 1120 g/mol. The number of benzene rings is 7. The number of hydrogen-bond donors (Lipinski definition) is 4. The summed E-state index contributed by atoms with van der Waals surface area (Å²) in [5.74, 6) is -2.98. The fourth-order valence-corrected chi connectivity index (χ4v) is 10.7. The molecule has 0 saturated heterocycles.